The van der Waals surface area contributed by atoms with Crippen LogP contribution in [0.2, 0.25) is 5.02 Å². The first-order valence-electron chi connectivity index (χ1n) is 7.68. The third-order valence-corrected chi connectivity index (χ3v) is 4.58. The van der Waals surface area contributed by atoms with Gasteiger partial charge in [0.25, 0.3) is 5.56 Å². The Morgan fingerprint density at radius 2 is 2.22 bits per heavy atom. The lowest BCUT2D eigenvalue weighted by atomic mass is 10.3. The molecule has 140 valence electrons. The van der Waals surface area contributed by atoms with Gasteiger partial charge in [-0.15, -0.1) is 0 Å². The molecule has 0 unspecified atom stereocenters. The molecule has 1 amide bonds. The molecule has 9 nitrogen and oxygen atoms in total. The van der Waals surface area contributed by atoms with E-state index in [4.69, 9.17) is 11.6 Å². The van der Waals surface area contributed by atoms with Crippen LogP contribution in [0.25, 0.3) is 16.7 Å². The van der Waals surface area contributed by atoms with Gasteiger partial charge in [0.1, 0.15) is 11.9 Å². The molecule has 0 spiro atoms. The highest BCUT2D eigenvalue weighted by molar-refractivity contribution is 7.99. The second-order valence-corrected chi connectivity index (χ2v) is 6.69. The fourth-order valence-electron chi connectivity index (χ4n) is 2.19. The largest absolute Gasteiger partial charge is 0.468 e. The Morgan fingerprint density at radius 3 is 2.96 bits per heavy atom. The zero-order valence-corrected chi connectivity index (χ0v) is 15.6. The summed E-state index contributed by atoms with van der Waals surface area (Å²) in [5, 5.41) is 7.70. The Hall–Kier alpha value is -2.85. The number of rotatable bonds is 6. The fraction of sp³-hybridized carbons (Fsp3) is 0.188. The summed E-state index contributed by atoms with van der Waals surface area (Å²) >= 11 is 7.04. The number of carbonyl (C=O) groups is 2. The summed E-state index contributed by atoms with van der Waals surface area (Å²) < 4.78 is 5.94. The van der Waals surface area contributed by atoms with Gasteiger partial charge in [-0.1, -0.05) is 29.4 Å². The highest BCUT2D eigenvalue weighted by Crippen LogP contribution is 2.19. The van der Waals surface area contributed by atoms with Crippen molar-refractivity contribution in [3.8, 4) is 5.69 Å². The quantitative estimate of drug-likeness (QED) is 0.357. The highest BCUT2D eigenvalue weighted by atomic mass is 35.5. The molecule has 2 heterocycles. The van der Waals surface area contributed by atoms with Crippen molar-refractivity contribution < 1.29 is 14.3 Å². The molecular formula is C16H14ClN5O4S. The molecule has 0 bridgehead atoms. The zero-order chi connectivity index (χ0) is 19.4. The maximum absolute atomic E-state index is 12.3. The molecule has 0 radical (unpaired) electrons. The SMILES string of the molecule is COC(=O)CNC(=O)CSc1nc2c(cnn2-c2cccc(Cl)c2)c(=O)[nH]1. The van der Waals surface area contributed by atoms with Crippen LogP contribution in [-0.2, 0) is 14.3 Å². The van der Waals surface area contributed by atoms with Crippen LogP contribution in [0.4, 0.5) is 0 Å². The number of nitrogens with zero attached hydrogens (tertiary/aromatic N) is 3. The van der Waals surface area contributed by atoms with Crippen molar-refractivity contribution in [3.05, 3.63) is 45.8 Å². The average Bonchev–Trinajstić information content (AvgIpc) is 3.09. The van der Waals surface area contributed by atoms with E-state index in [1.807, 2.05) is 0 Å². The Bertz CT molecular complexity index is 1060. The molecule has 0 fully saturated rings. The van der Waals surface area contributed by atoms with E-state index < -0.39 is 11.9 Å². The molecular weight excluding hydrogens is 394 g/mol. The Kier molecular flexibility index (Phi) is 5.77. The molecule has 0 saturated heterocycles. The average molecular weight is 408 g/mol. The molecule has 11 heteroatoms. The second kappa shape index (κ2) is 8.23. The van der Waals surface area contributed by atoms with Gasteiger partial charge in [0.2, 0.25) is 5.91 Å². The number of halogens is 1. The second-order valence-electron chi connectivity index (χ2n) is 5.29. The maximum atomic E-state index is 12.3. The standard InChI is InChI=1S/C16H14ClN5O4S/c1-26-13(24)7-18-12(23)8-27-16-20-14-11(15(25)21-16)6-19-22(14)10-4-2-3-9(17)5-10/h2-6H,7-8H2,1H3,(H,18,23)(H,20,21,25). The molecule has 0 aliphatic carbocycles. The summed E-state index contributed by atoms with van der Waals surface area (Å²) in [4.78, 5) is 42.0. The third kappa shape index (κ3) is 4.47. The monoisotopic (exact) mass is 407 g/mol. The van der Waals surface area contributed by atoms with Crippen molar-refractivity contribution in [1.29, 1.82) is 0 Å². The summed E-state index contributed by atoms with van der Waals surface area (Å²) in [6.45, 7) is -0.222. The van der Waals surface area contributed by atoms with Gasteiger partial charge in [-0.25, -0.2) is 9.67 Å². The van der Waals surface area contributed by atoms with E-state index in [0.717, 1.165) is 11.8 Å². The number of aromatic nitrogens is 4. The molecule has 0 saturated carbocycles. The van der Waals surface area contributed by atoms with Crippen molar-refractivity contribution in [2.45, 2.75) is 5.16 Å². The number of aromatic amines is 1. The van der Waals surface area contributed by atoms with Crippen molar-refractivity contribution in [1.82, 2.24) is 25.1 Å². The number of hydrogen-bond donors (Lipinski definition) is 2. The number of H-pyrrole nitrogens is 1. The van der Waals surface area contributed by atoms with Gasteiger partial charge in [0.15, 0.2) is 10.8 Å². The molecule has 3 aromatic rings. The van der Waals surface area contributed by atoms with Gasteiger partial charge in [-0.2, -0.15) is 5.10 Å². The fourth-order valence-corrected chi connectivity index (χ4v) is 3.06. The topological polar surface area (TPSA) is 119 Å². The normalized spacial score (nSPS) is 10.7. The van der Waals surface area contributed by atoms with Crippen LogP contribution in [0.5, 0.6) is 0 Å². The van der Waals surface area contributed by atoms with Gasteiger partial charge >= 0.3 is 5.97 Å². The summed E-state index contributed by atoms with van der Waals surface area (Å²) in [5.74, 6) is -0.972. The first kappa shape index (κ1) is 18.9. The van der Waals surface area contributed by atoms with Crippen molar-refractivity contribution >= 4 is 46.3 Å². The van der Waals surface area contributed by atoms with Crippen LogP contribution in [0.15, 0.2) is 40.4 Å². The summed E-state index contributed by atoms with van der Waals surface area (Å²) in [6, 6.07) is 6.98. The van der Waals surface area contributed by atoms with Crippen LogP contribution < -0.4 is 10.9 Å². The minimum Gasteiger partial charge on any atom is -0.468 e. The number of hydrogen-bond acceptors (Lipinski definition) is 7. The molecule has 2 N–H and O–H groups in total. The van der Waals surface area contributed by atoms with Gasteiger partial charge in [-0.05, 0) is 18.2 Å². The number of ether oxygens (including phenoxy) is 1. The number of fused-ring (bicyclic) bond motifs is 1. The highest BCUT2D eigenvalue weighted by Gasteiger charge is 2.13. The van der Waals surface area contributed by atoms with Crippen LogP contribution in [-0.4, -0.2) is 51.0 Å². The summed E-state index contributed by atoms with van der Waals surface area (Å²) in [7, 11) is 1.23. The maximum Gasteiger partial charge on any atom is 0.325 e. The van der Waals surface area contributed by atoms with Gasteiger partial charge < -0.3 is 15.0 Å². The Balaban J connectivity index is 1.81. The van der Waals surface area contributed by atoms with Crippen LogP contribution in [0.3, 0.4) is 0 Å². The first-order valence-corrected chi connectivity index (χ1v) is 9.04. The lowest BCUT2D eigenvalue weighted by molar-refractivity contribution is -0.140. The van der Waals surface area contributed by atoms with Crippen molar-refractivity contribution in [2.24, 2.45) is 0 Å². The zero-order valence-electron chi connectivity index (χ0n) is 14.1. The number of esters is 1. The van der Waals surface area contributed by atoms with Crippen LogP contribution >= 0.6 is 23.4 Å². The number of methoxy groups -OCH3 is 1. The van der Waals surface area contributed by atoms with Gasteiger partial charge in [-0.3, -0.25) is 14.4 Å². The van der Waals surface area contributed by atoms with Crippen molar-refractivity contribution in [2.75, 3.05) is 19.4 Å². The summed E-state index contributed by atoms with van der Waals surface area (Å²) in [6.07, 6.45) is 1.42. The van der Waals surface area contributed by atoms with E-state index in [1.54, 1.807) is 24.3 Å². The molecule has 2 aromatic heterocycles. The minimum absolute atomic E-state index is 0.0310. The third-order valence-electron chi connectivity index (χ3n) is 3.47. The molecule has 0 atom stereocenters. The van der Waals surface area contributed by atoms with Crippen LogP contribution in [0.1, 0.15) is 0 Å². The predicted molar refractivity (Wildman–Crippen MR) is 100 cm³/mol. The predicted octanol–water partition coefficient (Wildman–Crippen LogP) is 1.14. The Labute approximate surface area is 162 Å². The van der Waals surface area contributed by atoms with E-state index in [-0.39, 0.29) is 23.0 Å². The number of carbonyl (C=O) groups excluding carboxylic acids is 2. The van der Waals surface area contributed by atoms with E-state index in [9.17, 15) is 14.4 Å². The van der Waals surface area contributed by atoms with E-state index >= 15 is 0 Å². The van der Waals surface area contributed by atoms with Gasteiger partial charge in [0, 0.05) is 5.02 Å². The molecule has 0 aliphatic heterocycles. The number of amides is 1. The van der Waals surface area contributed by atoms with E-state index in [1.165, 1.54) is 18.0 Å². The number of benzene rings is 1. The number of thioether (sulfide) groups is 1. The van der Waals surface area contributed by atoms with E-state index in [2.05, 4.69) is 25.1 Å². The molecule has 0 aliphatic rings. The summed E-state index contributed by atoms with van der Waals surface area (Å²) in [5.41, 5.74) is 0.631. The lowest BCUT2D eigenvalue weighted by Crippen LogP contribution is -2.31. The first-order chi connectivity index (χ1) is 13.0. The minimum atomic E-state index is -0.549. The van der Waals surface area contributed by atoms with Gasteiger partial charge in [0.05, 0.1) is 24.7 Å². The molecule has 3 rings (SSSR count). The molecule has 1 aromatic carbocycles. The molecule has 27 heavy (non-hydrogen) atoms. The lowest BCUT2D eigenvalue weighted by Gasteiger charge is -2.05. The Morgan fingerprint density at radius 1 is 1.41 bits per heavy atom. The smallest absolute Gasteiger partial charge is 0.325 e. The number of nitrogens with one attached hydrogen (secondary N) is 2. The van der Waals surface area contributed by atoms with Crippen LogP contribution in [0, 0.1) is 0 Å². The van der Waals surface area contributed by atoms with Crippen molar-refractivity contribution in [3.63, 3.8) is 0 Å². The van der Waals surface area contributed by atoms with E-state index in [0.29, 0.717) is 21.7 Å².